The number of anilines is 1. The van der Waals surface area contributed by atoms with Crippen LogP contribution in [0.3, 0.4) is 0 Å². The highest BCUT2D eigenvalue weighted by Crippen LogP contribution is 2.40. The Kier molecular flexibility index (Phi) is 3.77. The van der Waals surface area contributed by atoms with Gasteiger partial charge in [0.2, 0.25) is 5.91 Å². The highest BCUT2D eigenvalue weighted by molar-refractivity contribution is 6.06. The zero-order valence-electron chi connectivity index (χ0n) is 14.9. The Hall–Kier alpha value is -2.18. The van der Waals surface area contributed by atoms with Gasteiger partial charge in [0.1, 0.15) is 5.60 Å². The van der Waals surface area contributed by atoms with Gasteiger partial charge < -0.3 is 9.64 Å². The summed E-state index contributed by atoms with van der Waals surface area (Å²) in [4.78, 5) is 37.2. The van der Waals surface area contributed by atoms with E-state index in [1.54, 1.807) is 22.2 Å². The predicted octanol–water partition coefficient (Wildman–Crippen LogP) is 2.11. The van der Waals surface area contributed by atoms with Gasteiger partial charge in [-0.2, -0.15) is 0 Å². The number of rotatable bonds is 1. The molecule has 1 saturated heterocycles. The smallest absolute Gasteiger partial charge is 0.410 e. The fourth-order valence-corrected chi connectivity index (χ4v) is 3.23. The number of carbonyl (C=O) groups excluding carboxylic acids is 2. The van der Waals surface area contributed by atoms with Crippen molar-refractivity contribution in [2.24, 2.45) is 0 Å². The van der Waals surface area contributed by atoms with Gasteiger partial charge in [0.25, 0.3) is 0 Å². The maximum atomic E-state index is 12.9. The number of likely N-dealkylation sites (tertiary alicyclic amines) is 1. The predicted molar refractivity (Wildman–Crippen MR) is 88.8 cm³/mol. The van der Waals surface area contributed by atoms with E-state index in [4.69, 9.17) is 4.74 Å². The Morgan fingerprint density at radius 1 is 1.29 bits per heavy atom. The second-order valence-corrected chi connectivity index (χ2v) is 7.90. The first-order valence-corrected chi connectivity index (χ1v) is 8.24. The molecule has 1 unspecified atom stereocenters. The van der Waals surface area contributed by atoms with Gasteiger partial charge in [-0.3, -0.25) is 14.7 Å². The molecule has 0 bridgehead atoms. The van der Waals surface area contributed by atoms with Crippen molar-refractivity contribution in [2.45, 2.75) is 58.1 Å². The van der Waals surface area contributed by atoms with E-state index >= 15 is 0 Å². The molecular weight excluding hydrogens is 308 g/mol. The number of amides is 2. The molecule has 3 heterocycles. The monoisotopic (exact) mass is 332 g/mol. The molecule has 24 heavy (non-hydrogen) atoms. The Labute approximate surface area is 142 Å². The number of nitrogens with zero attached hydrogens (tertiary/aromatic N) is 4. The van der Waals surface area contributed by atoms with Crippen molar-refractivity contribution in [1.82, 2.24) is 14.9 Å². The standard InChI is InChI=1S/C17H24N4O3/c1-16(2,3)24-15(23)20-9-6-11(10-20)21-13-12(18-7-8-19-13)17(4,5)14(21)22/h7-8,11H,6,9-10H2,1-5H3. The zero-order valence-corrected chi connectivity index (χ0v) is 14.9. The first-order chi connectivity index (χ1) is 11.1. The molecule has 1 fully saturated rings. The molecule has 1 aromatic rings. The van der Waals surface area contributed by atoms with Crippen molar-refractivity contribution in [3.8, 4) is 0 Å². The van der Waals surface area contributed by atoms with E-state index in [-0.39, 0.29) is 18.0 Å². The van der Waals surface area contributed by atoms with E-state index in [1.165, 1.54) is 0 Å². The quantitative estimate of drug-likeness (QED) is 0.787. The highest BCUT2D eigenvalue weighted by atomic mass is 16.6. The molecule has 2 aliphatic heterocycles. The molecule has 3 rings (SSSR count). The number of hydrogen-bond donors (Lipinski definition) is 0. The van der Waals surface area contributed by atoms with Crippen LogP contribution in [0.2, 0.25) is 0 Å². The highest BCUT2D eigenvalue weighted by Gasteiger charge is 2.50. The first kappa shape index (κ1) is 16.7. The summed E-state index contributed by atoms with van der Waals surface area (Å²) in [6, 6.07) is -0.0951. The Morgan fingerprint density at radius 2 is 1.96 bits per heavy atom. The molecule has 0 aliphatic carbocycles. The summed E-state index contributed by atoms with van der Waals surface area (Å²) >= 11 is 0. The van der Waals surface area contributed by atoms with Crippen LogP contribution in [0.5, 0.6) is 0 Å². The first-order valence-electron chi connectivity index (χ1n) is 8.24. The lowest BCUT2D eigenvalue weighted by Crippen LogP contribution is -2.45. The van der Waals surface area contributed by atoms with Gasteiger partial charge in [-0.1, -0.05) is 0 Å². The third-order valence-corrected chi connectivity index (χ3v) is 4.43. The van der Waals surface area contributed by atoms with Gasteiger partial charge >= 0.3 is 6.09 Å². The molecule has 1 atom stereocenters. The molecule has 2 amide bonds. The van der Waals surface area contributed by atoms with Gasteiger partial charge in [-0.25, -0.2) is 9.78 Å². The number of hydrogen-bond acceptors (Lipinski definition) is 5. The molecule has 1 aromatic heterocycles. The van der Waals surface area contributed by atoms with Crippen LogP contribution in [-0.4, -0.2) is 51.6 Å². The van der Waals surface area contributed by atoms with Gasteiger partial charge in [-0.15, -0.1) is 0 Å². The summed E-state index contributed by atoms with van der Waals surface area (Å²) in [5, 5.41) is 0. The fourth-order valence-electron chi connectivity index (χ4n) is 3.23. The molecular formula is C17H24N4O3. The number of ether oxygens (including phenoxy) is 1. The van der Waals surface area contributed by atoms with Gasteiger partial charge in [0, 0.05) is 25.5 Å². The molecule has 0 saturated carbocycles. The third-order valence-electron chi connectivity index (χ3n) is 4.43. The molecule has 130 valence electrons. The van der Waals surface area contributed by atoms with Crippen LogP contribution in [0, 0.1) is 0 Å². The summed E-state index contributed by atoms with van der Waals surface area (Å²) in [5.74, 6) is 0.600. The van der Waals surface area contributed by atoms with E-state index in [9.17, 15) is 9.59 Å². The van der Waals surface area contributed by atoms with E-state index in [2.05, 4.69) is 9.97 Å². The molecule has 0 spiro atoms. The van der Waals surface area contributed by atoms with Crippen molar-refractivity contribution in [3.05, 3.63) is 18.1 Å². The summed E-state index contributed by atoms with van der Waals surface area (Å²) in [6.07, 6.45) is 3.58. The fraction of sp³-hybridized carbons (Fsp3) is 0.647. The van der Waals surface area contributed by atoms with Crippen LogP contribution in [0.25, 0.3) is 0 Å². The number of aromatic nitrogens is 2. The van der Waals surface area contributed by atoms with Crippen LogP contribution >= 0.6 is 0 Å². The van der Waals surface area contributed by atoms with Crippen molar-refractivity contribution in [3.63, 3.8) is 0 Å². The molecule has 7 heteroatoms. The van der Waals surface area contributed by atoms with Gasteiger partial charge in [0.05, 0.1) is 17.2 Å². The maximum Gasteiger partial charge on any atom is 0.410 e. The van der Waals surface area contributed by atoms with Crippen LogP contribution < -0.4 is 4.90 Å². The summed E-state index contributed by atoms with van der Waals surface area (Å²) in [5.41, 5.74) is -0.521. The molecule has 0 radical (unpaired) electrons. The van der Waals surface area contributed by atoms with Crippen molar-refractivity contribution in [2.75, 3.05) is 18.0 Å². The Bertz CT molecular complexity index is 681. The van der Waals surface area contributed by atoms with Gasteiger partial charge in [0.15, 0.2) is 5.82 Å². The normalized spacial score (nSPS) is 22.7. The van der Waals surface area contributed by atoms with Crippen LogP contribution in [0.1, 0.15) is 46.7 Å². The van der Waals surface area contributed by atoms with Gasteiger partial charge in [-0.05, 0) is 41.0 Å². The minimum absolute atomic E-state index is 0.0141. The average Bonchev–Trinajstić information content (AvgIpc) is 3.02. The lowest BCUT2D eigenvalue weighted by molar-refractivity contribution is -0.122. The summed E-state index contributed by atoms with van der Waals surface area (Å²) in [7, 11) is 0. The van der Waals surface area contributed by atoms with Crippen LogP contribution in [0.4, 0.5) is 10.6 Å². The average molecular weight is 332 g/mol. The summed E-state index contributed by atoms with van der Waals surface area (Å²) < 4.78 is 5.43. The van der Waals surface area contributed by atoms with E-state index < -0.39 is 11.0 Å². The van der Waals surface area contributed by atoms with Crippen LogP contribution in [-0.2, 0) is 14.9 Å². The Morgan fingerprint density at radius 3 is 2.62 bits per heavy atom. The third kappa shape index (κ3) is 2.72. The Balaban J connectivity index is 1.79. The van der Waals surface area contributed by atoms with Crippen LogP contribution in [0.15, 0.2) is 12.4 Å². The minimum Gasteiger partial charge on any atom is -0.444 e. The SMILES string of the molecule is CC(C)(C)OC(=O)N1CCC(N2C(=O)C(C)(C)c3nccnc32)C1. The molecule has 7 nitrogen and oxygen atoms in total. The maximum absolute atomic E-state index is 12.9. The molecule has 0 N–H and O–H groups in total. The number of carbonyl (C=O) groups is 2. The van der Waals surface area contributed by atoms with Crippen molar-refractivity contribution >= 4 is 17.8 Å². The zero-order chi connectivity index (χ0) is 17.7. The lowest BCUT2D eigenvalue weighted by atomic mass is 9.91. The van der Waals surface area contributed by atoms with E-state index in [0.29, 0.717) is 31.0 Å². The minimum atomic E-state index is -0.692. The van der Waals surface area contributed by atoms with Crippen molar-refractivity contribution < 1.29 is 14.3 Å². The largest absolute Gasteiger partial charge is 0.444 e. The molecule has 2 aliphatic rings. The molecule has 0 aromatic carbocycles. The second-order valence-electron chi connectivity index (χ2n) is 7.90. The number of fused-ring (bicyclic) bond motifs is 1. The van der Waals surface area contributed by atoms with E-state index in [1.807, 2.05) is 34.6 Å². The van der Waals surface area contributed by atoms with E-state index in [0.717, 1.165) is 0 Å². The second kappa shape index (κ2) is 5.43. The summed E-state index contributed by atoms with van der Waals surface area (Å²) in [6.45, 7) is 10.3. The lowest BCUT2D eigenvalue weighted by Gasteiger charge is -2.27. The topological polar surface area (TPSA) is 75.6 Å². The van der Waals surface area contributed by atoms with Crippen molar-refractivity contribution in [1.29, 1.82) is 0 Å².